The van der Waals surface area contributed by atoms with Crippen LogP contribution in [0.5, 0.6) is 0 Å². The summed E-state index contributed by atoms with van der Waals surface area (Å²) in [5.74, 6) is 0.0401. The number of halogens is 1. The maximum Gasteiger partial charge on any atom is 0.321 e. The van der Waals surface area contributed by atoms with Gasteiger partial charge in [0.05, 0.1) is 17.3 Å². The summed E-state index contributed by atoms with van der Waals surface area (Å²) in [4.78, 5) is 28.0. The molecule has 6 nitrogen and oxygen atoms in total. The fourth-order valence-corrected chi connectivity index (χ4v) is 2.67. The van der Waals surface area contributed by atoms with Gasteiger partial charge in [-0.1, -0.05) is 30.7 Å². The van der Waals surface area contributed by atoms with Gasteiger partial charge in [0.15, 0.2) is 0 Å². The molecule has 1 unspecified atom stereocenters. The van der Waals surface area contributed by atoms with E-state index in [4.69, 9.17) is 11.6 Å². The van der Waals surface area contributed by atoms with Crippen molar-refractivity contribution in [3.8, 4) is 0 Å². The number of urea groups is 1. The Hall–Kier alpha value is -1.79. The topological polar surface area (TPSA) is 64.7 Å². The van der Waals surface area contributed by atoms with Crippen molar-refractivity contribution in [2.75, 3.05) is 38.0 Å². The number of nitrogens with one attached hydrogen (secondary N) is 2. The summed E-state index contributed by atoms with van der Waals surface area (Å²) in [5, 5.41) is 6.31. The van der Waals surface area contributed by atoms with Crippen molar-refractivity contribution in [1.29, 1.82) is 0 Å². The molecule has 7 heteroatoms. The summed E-state index contributed by atoms with van der Waals surface area (Å²) in [6.45, 7) is 6.97. The molecule has 24 heavy (non-hydrogen) atoms. The van der Waals surface area contributed by atoms with Gasteiger partial charge < -0.3 is 15.5 Å². The summed E-state index contributed by atoms with van der Waals surface area (Å²) in [6, 6.07) is 7.20. The highest BCUT2D eigenvalue weighted by Crippen LogP contribution is 2.21. The smallest absolute Gasteiger partial charge is 0.321 e. The van der Waals surface area contributed by atoms with Gasteiger partial charge in [-0.2, -0.15) is 0 Å². The molecule has 0 bridgehead atoms. The van der Waals surface area contributed by atoms with Gasteiger partial charge in [0.25, 0.3) is 0 Å². The third kappa shape index (κ3) is 5.39. The van der Waals surface area contributed by atoms with Crippen LogP contribution in [0.2, 0.25) is 5.02 Å². The molecule has 2 rings (SSSR count). The minimum Gasteiger partial charge on any atom is -0.353 e. The predicted octanol–water partition coefficient (Wildman–Crippen LogP) is 2.40. The number of carbonyl (C=O) groups is 2. The van der Waals surface area contributed by atoms with Crippen LogP contribution in [0, 0.1) is 0 Å². The molecule has 1 aromatic rings. The number of rotatable bonds is 5. The van der Waals surface area contributed by atoms with Gasteiger partial charge in [0.1, 0.15) is 0 Å². The van der Waals surface area contributed by atoms with Crippen molar-refractivity contribution in [1.82, 2.24) is 15.1 Å². The molecule has 1 aromatic carbocycles. The highest BCUT2D eigenvalue weighted by molar-refractivity contribution is 6.33. The second kappa shape index (κ2) is 8.89. The average Bonchev–Trinajstić information content (AvgIpc) is 2.57. The van der Waals surface area contributed by atoms with Gasteiger partial charge in [-0.3, -0.25) is 9.69 Å². The van der Waals surface area contributed by atoms with E-state index in [-0.39, 0.29) is 18.0 Å². The van der Waals surface area contributed by atoms with E-state index in [0.29, 0.717) is 43.4 Å². The zero-order valence-electron chi connectivity index (χ0n) is 14.2. The average molecular weight is 353 g/mol. The van der Waals surface area contributed by atoms with Gasteiger partial charge >= 0.3 is 6.03 Å². The van der Waals surface area contributed by atoms with Crippen molar-refractivity contribution < 1.29 is 9.59 Å². The minimum atomic E-state index is -0.160. The van der Waals surface area contributed by atoms with Gasteiger partial charge in [-0.15, -0.1) is 0 Å². The standard InChI is InChI=1S/C17H25ClN4O2/c1-3-13(2)19-16(23)12-21-8-10-22(11-9-21)17(24)20-15-7-5-4-6-14(15)18/h4-7,13H,3,8-12H2,1-2H3,(H,19,23)(H,20,24). The van der Waals surface area contributed by atoms with E-state index in [9.17, 15) is 9.59 Å². The number of piperazine rings is 1. The lowest BCUT2D eigenvalue weighted by Gasteiger charge is -2.34. The van der Waals surface area contributed by atoms with Crippen LogP contribution in [-0.2, 0) is 4.79 Å². The summed E-state index contributed by atoms with van der Waals surface area (Å²) >= 11 is 6.06. The number of hydrogen-bond acceptors (Lipinski definition) is 3. The third-order valence-corrected chi connectivity index (χ3v) is 4.49. The van der Waals surface area contributed by atoms with Crippen molar-refractivity contribution in [2.45, 2.75) is 26.3 Å². The fraction of sp³-hybridized carbons (Fsp3) is 0.529. The fourth-order valence-electron chi connectivity index (χ4n) is 2.49. The van der Waals surface area contributed by atoms with E-state index in [1.807, 2.05) is 26.0 Å². The molecule has 1 fully saturated rings. The largest absolute Gasteiger partial charge is 0.353 e. The molecule has 1 aliphatic rings. The first kappa shape index (κ1) is 18.5. The summed E-state index contributed by atoms with van der Waals surface area (Å²) < 4.78 is 0. The molecule has 132 valence electrons. The van der Waals surface area contributed by atoms with Crippen LogP contribution in [0.3, 0.4) is 0 Å². The van der Waals surface area contributed by atoms with Crippen LogP contribution in [-0.4, -0.2) is 60.5 Å². The number of para-hydroxylation sites is 1. The quantitative estimate of drug-likeness (QED) is 0.855. The molecule has 3 amide bonds. The molecule has 0 radical (unpaired) electrons. The Labute approximate surface area is 148 Å². The lowest BCUT2D eigenvalue weighted by Crippen LogP contribution is -2.52. The van der Waals surface area contributed by atoms with Crippen molar-refractivity contribution >= 4 is 29.2 Å². The molecule has 1 heterocycles. The Morgan fingerprint density at radius 2 is 1.88 bits per heavy atom. The molecule has 2 N–H and O–H groups in total. The molecule has 0 aliphatic carbocycles. The van der Waals surface area contributed by atoms with Crippen molar-refractivity contribution in [3.05, 3.63) is 29.3 Å². The summed E-state index contributed by atoms with van der Waals surface area (Å²) in [6.07, 6.45) is 0.918. The lowest BCUT2D eigenvalue weighted by molar-refractivity contribution is -0.123. The monoisotopic (exact) mass is 352 g/mol. The summed E-state index contributed by atoms with van der Waals surface area (Å²) in [5.41, 5.74) is 0.611. The van der Waals surface area contributed by atoms with Crippen LogP contribution in [0.15, 0.2) is 24.3 Å². The van der Waals surface area contributed by atoms with Crippen LogP contribution in [0.25, 0.3) is 0 Å². The SMILES string of the molecule is CCC(C)NC(=O)CN1CCN(C(=O)Nc2ccccc2Cl)CC1. The molecule has 1 atom stereocenters. The van der Waals surface area contributed by atoms with Gasteiger partial charge in [0, 0.05) is 32.2 Å². The molecule has 0 saturated carbocycles. The molecule has 1 saturated heterocycles. The second-order valence-electron chi connectivity index (χ2n) is 6.05. The number of benzene rings is 1. The lowest BCUT2D eigenvalue weighted by atomic mass is 10.2. The number of anilines is 1. The van der Waals surface area contributed by atoms with E-state index in [2.05, 4.69) is 15.5 Å². The van der Waals surface area contributed by atoms with E-state index in [0.717, 1.165) is 6.42 Å². The zero-order chi connectivity index (χ0) is 17.5. The first-order chi connectivity index (χ1) is 11.5. The Bertz CT molecular complexity index is 573. The zero-order valence-corrected chi connectivity index (χ0v) is 15.0. The molecule has 1 aliphatic heterocycles. The number of carbonyl (C=O) groups excluding carboxylic acids is 2. The van der Waals surface area contributed by atoms with E-state index in [1.165, 1.54) is 0 Å². The van der Waals surface area contributed by atoms with Crippen LogP contribution < -0.4 is 10.6 Å². The summed E-state index contributed by atoms with van der Waals surface area (Å²) in [7, 11) is 0. The predicted molar refractivity (Wildman–Crippen MR) is 96.4 cm³/mol. The highest BCUT2D eigenvalue weighted by atomic mass is 35.5. The van der Waals surface area contributed by atoms with Crippen LogP contribution in [0.4, 0.5) is 10.5 Å². The number of hydrogen-bond donors (Lipinski definition) is 2. The van der Waals surface area contributed by atoms with E-state index in [1.54, 1.807) is 17.0 Å². The Balaban J connectivity index is 1.77. The first-order valence-electron chi connectivity index (χ1n) is 8.31. The molecule has 0 aromatic heterocycles. The highest BCUT2D eigenvalue weighted by Gasteiger charge is 2.23. The minimum absolute atomic E-state index is 0.0401. The van der Waals surface area contributed by atoms with Gasteiger partial charge in [-0.25, -0.2) is 4.79 Å². The molecule has 0 spiro atoms. The van der Waals surface area contributed by atoms with Crippen molar-refractivity contribution in [3.63, 3.8) is 0 Å². The van der Waals surface area contributed by atoms with Crippen LogP contribution >= 0.6 is 11.6 Å². The number of nitrogens with zero attached hydrogens (tertiary/aromatic N) is 2. The maximum absolute atomic E-state index is 12.3. The third-order valence-electron chi connectivity index (χ3n) is 4.16. The normalized spacial score (nSPS) is 16.5. The van der Waals surface area contributed by atoms with Gasteiger partial charge in [0.2, 0.25) is 5.91 Å². The maximum atomic E-state index is 12.3. The Kier molecular flexibility index (Phi) is 6.87. The Morgan fingerprint density at radius 1 is 1.21 bits per heavy atom. The van der Waals surface area contributed by atoms with Gasteiger partial charge in [-0.05, 0) is 25.5 Å². The number of amides is 3. The van der Waals surface area contributed by atoms with Crippen molar-refractivity contribution in [2.24, 2.45) is 0 Å². The van der Waals surface area contributed by atoms with Crippen LogP contribution in [0.1, 0.15) is 20.3 Å². The Morgan fingerprint density at radius 3 is 2.50 bits per heavy atom. The van der Waals surface area contributed by atoms with E-state index >= 15 is 0 Å². The molecular weight excluding hydrogens is 328 g/mol. The first-order valence-corrected chi connectivity index (χ1v) is 8.69. The second-order valence-corrected chi connectivity index (χ2v) is 6.46. The van der Waals surface area contributed by atoms with E-state index < -0.39 is 0 Å². The molecular formula is C17H25ClN4O2.